The monoisotopic (exact) mass is 268 g/mol. The van der Waals surface area contributed by atoms with Crippen LogP contribution >= 0.6 is 11.3 Å². The standard InChI is InChI=1S/C15H28N2S/c1-4-7-8-12(5-2)11-14(17-16)15-10-9-13(6-3)18-15/h9-10,12,14,17H,4-8,11,16H2,1-3H3. The minimum atomic E-state index is 0.331. The molecule has 2 atom stereocenters. The number of hydrogen-bond acceptors (Lipinski definition) is 3. The van der Waals surface area contributed by atoms with Crippen molar-refractivity contribution in [2.45, 2.75) is 65.3 Å². The van der Waals surface area contributed by atoms with Gasteiger partial charge < -0.3 is 0 Å². The zero-order valence-corrected chi connectivity index (χ0v) is 12.9. The molecule has 0 fully saturated rings. The molecule has 0 aliphatic heterocycles. The van der Waals surface area contributed by atoms with Gasteiger partial charge in [-0.15, -0.1) is 11.3 Å². The van der Waals surface area contributed by atoms with Crippen LogP contribution in [-0.4, -0.2) is 0 Å². The first-order chi connectivity index (χ1) is 8.74. The summed E-state index contributed by atoms with van der Waals surface area (Å²) in [6, 6.07) is 4.80. The lowest BCUT2D eigenvalue weighted by Crippen LogP contribution is -2.29. The zero-order valence-electron chi connectivity index (χ0n) is 12.0. The highest BCUT2D eigenvalue weighted by atomic mass is 32.1. The second-order valence-electron chi connectivity index (χ2n) is 5.03. The molecule has 2 nitrogen and oxygen atoms in total. The molecular weight excluding hydrogens is 240 g/mol. The van der Waals surface area contributed by atoms with E-state index in [-0.39, 0.29) is 0 Å². The van der Waals surface area contributed by atoms with E-state index in [0.29, 0.717) is 6.04 Å². The van der Waals surface area contributed by atoms with E-state index in [4.69, 9.17) is 5.84 Å². The molecule has 0 saturated carbocycles. The van der Waals surface area contributed by atoms with Crippen LogP contribution in [0.15, 0.2) is 12.1 Å². The van der Waals surface area contributed by atoms with Crippen molar-refractivity contribution in [2.24, 2.45) is 11.8 Å². The number of unbranched alkanes of at least 4 members (excludes halogenated alkanes) is 1. The third-order valence-electron chi connectivity index (χ3n) is 3.69. The Kier molecular flexibility index (Phi) is 7.56. The molecule has 1 rings (SSSR count). The second-order valence-corrected chi connectivity index (χ2v) is 6.23. The highest BCUT2D eigenvalue weighted by Crippen LogP contribution is 2.30. The summed E-state index contributed by atoms with van der Waals surface area (Å²) in [5.41, 5.74) is 3.01. The Hall–Kier alpha value is -0.380. The van der Waals surface area contributed by atoms with E-state index in [2.05, 4.69) is 38.3 Å². The van der Waals surface area contributed by atoms with Crippen molar-refractivity contribution in [1.29, 1.82) is 0 Å². The first kappa shape index (κ1) is 15.7. The number of hydrogen-bond donors (Lipinski definition) is 2. The van der Waals surface area contributed by atoms with Crippen LogP contribution in [0.1, 0.15) is 68.7 Å². The van der Waals surface area contributed by atoms with E-state index < -0.39 is 0 Å². The lowest BCUT2D eigenvalue weighted by atomic mass is 9.92. The lowest BCUT2D eigenvalue weighted by Gasteiger charge is -2.21. The Morgan fingerprint density at radius 1 is 1.28 bits per heavy atom. The van der Waals surface area contributed by atoms with Crippen molar-refractivity contribution in [3.8, 4) is 0 Å². The highest BCUT2D eigenvalue weighted by Gasteiger charge is 2.17. The molecule has 3 heteroatoms. The Morgan fingerprint density at radius 3 is 2.56 bits per heavy atom. The van der Waals surface area contributed by atoms with E-state index in [1.54, 1.807) is 0 Å². The van der Waals surface area contributed by atoms with Crippen LogP contribution in [0.25, 0.3) is 0 Å². The fraction of sp³-hybridized carbons (Fsp3) is 0.733. The van der Waals surface area contributed by atoms with Crippen molar-refractivity contribution >= 4 is 11.3 Å². The van der Waals surface area contributed by atoms with Gasteiger partial charge in [-0.1, -0.05) is 46.5 Å². The molecule has 0 bridgehead atoms. The Balaban J connectivity index is 2.59. The average molecular weight is 268 g/mol. The van der Waals surface area contributed by atoms with E-state index in [9.17, 15) is 0 Å². The molecule has 3 N–H and O–H groups in total. The van der Waals surface area contributed by atoms with Crippen molar-refractivity contribution in [2.75, 3.05) is 0 Å². The molecule has 0 saturated heterocycles. The zero-order chi connectivity index (χ0) is 13.4. The largest absolute Gasteiger partial charge is 0.271 e. The minimum absolute atomic E-state index is 0.331. The first-order valence-corrected chi connectivity index (χ1v) is 8.11. The summed E-state index contributed by atoms with van der Waals surface area (Å²) in [5.74, 6) is 6.53. The summed E-state index contributed by atoms with van der Waals surface area (Å²) in [7, 11) is 0. The van der Waals surface area contributed by atoms with Crippen LogP contribution in [0, 0.1) is 5.92 Å². The van der Waals surface area contributed by atoms with Gasteiger partial charge in [0.05, 0.1) is 6.04 Å². The van der Waals surface area contributed by atoms with Gasteiger partial charge in [0.2, 0.25) is 0 Å². The fourth-order valence-electron chi connectivity index (χ4n) is 2.35. The summed E-state index contributed by atoms with van der Waals surface area (Å²) in [6.07, 6.45) is 7.49. The molecule has 0 aromatic carbocycles. The van der Waals surface area contributed by atoms with Gasteiger partial charge in [-0.25, -0.2) is 0 Å². The third kappa shape index (κ3) is 4.71. The molecule has 0 spiro atoms. The molecule has 1 aromatic rings. The molecule has 0 aliphatic rings. The molecule has 0 radical (unpaired) electrons. The Bertz CT molecular complexity index is 322. The molecule has 1 aromatic heterocycles. The Labute approximate surface area is 116 Å². The van der Waals surface area contributed by atoms with Gasteiger partial charge in [-0.3, -0.25) is 11.3 Å². The van der Waals surface area contributed by atoms with Crippen LogP contribution in [0.3, 0.4) is 0 Å². The van der Waals surface area contributed by atoms with Gasteiger partial charge in [0, 0.05) is 9.75 Å². The average Bonchev–Trinajstić information content (AvgIpc) is 2.88. The summed E-state index contributed by atoms with van der Waals surface area (Å²) in [5, 5.41) is 0. The Morgan fingerprint density at radius 2 is 2.06 bits per heavy atom. The molecule has 18 heavy (non-hydrogen) atoms. The van der Waals surface area contributed by atoms with Gasteiger partial charge in [-0.2, -0.15) is 0 Å². The van der Waals surface area contributed by atoms with E-state index in [0.717, 1.165) is 18.8 Å². The van der Waals surface area contributed by atoms with Gasteiger partial charge in [0.1, 0.15) is 0 Å². The van der Waals surface area contributed by atoms with Crippen molar-refractivity contribution < 1.29 is 0 Å². The number of aryl methyl sites for hydroxylation is 1. The van der Waals surface area contributed by atoms with E-state index in [1.807, 2.05) is 11.3 Å². The highest BCUT2D eigenvalue weighted by molar-refractivity contribution is 7.12. The summed E-state index contributed by atoms with van der Waals surface area (Å²) in [4.78, 5) is 2.84. The maximum Gasteiger partial charge on any atom is 0.0556 e. The minimum Gasteiger partial charge on any atom is -0.271 e. The third-order valence-corrected chi connectivity index (χ3v) is 5.03. The van der Waals surface area contributed by atoms with Crippen molar-refractivity contribution in [3.05, 3.63) is 21.9 Å². The molecule has 104 valence electrons. The van der Waals surface area contributed by atoms with Crippen molar-refractivity contribution in [1.82, 2.24) is 5.43 Å². The maximum atomic E-state index is 5.74. The topological polar surface area (TPSA) is 38.0 Å². The molecular formula is C15H28N2S. The van der Waals surface area contributed by atoms with Crippen LogP contribution in [0.2, 0.25) is 0 Å². The van der Waals surface area contributed by atoms with Crippen LogP contribution in [0.4, 0.5) is 0 Å². The van der Waals surface area contributed by atoms with E-state index in [1.165, 1.54) is 35.4 Å². The van der Waals surface area contributed by atoms with Crippen molar-refractivity contribution in [3.63, 3.8) is 0 Å². The quantitative estimate of drug-likeness (QED) is 0.514. The van der Waals surface area contributed by atoms with Gasteiger partial charge in [0.25, 0.3) is 0 Å². The number of nitrogens with two attached hydrogens (primary N) is 1. The van der Waals surface area contributed by atoms with Gasteiger partial charge in [0.15, 0.2) is 0 Å². The number of nitrogens with one attached hydrogen (secondary N) is 1. The fourth-order valence-corrected chi connectivity index (χ4v) is 3.38. The van der Waals surface area contributed by atoms with Gasteiger partial charge in [-0.05, 0) is 30.9 Å². The number of thiophene rings is 1. The molecule has 1 heterocycles. The smallest absolute Gasteiger partial charge is 0.0556 e. The first-order valence-electron chi connectivity index (χ1n) is 7.29. The summed E-state index contributed by atoms with van der Waals surface area (Å²) in [6.45, 7) is 6.76. The van der Waals surface area contributed by atoms with Crippen LogP contribution in [-0.2, 0) is 6.42 Å². The molecule has 0 amide bonds. The SMILES string of the molecule is CCCCC(CC)CC(NN)c1ccc(CC)s1. The molecule has 0 aliphatic carbocycles. The second kappa shape index (κ2) is 8.68. The predicted octanol–water partition coefficient (Wildman–Crippen LogP) is 4.42. The molecule has 2 unspecified atom stereocenters. The predicted molar refractivity (Wildman–Crippen MR) is 81.7 cm³/mol. The van der Waals surface area contributed by atoms with Crippen LogP contribution < -0.4 is 11.3 Å². The summed E-state index contributed by atoms with van der Waals surface area (Å²) < 4.78 is 0. The number of hydrazine groups is 1. The normalized spacial score (nSPS) is 14.7. The maximum absolute atomic E-state index is 5.74. The summed E-state index contributed by atoms with van der Waals surface area (Å²) >= 11 is 1.90. The van der Waals surface area contributed by atoms with E-state index >= 15 is 0 Å². The number of rotatable bonds is 9. The van der Waals surface area contributed by atoms with Gasteiger partial charge >= 0.3 is 0 Å². The lowest BCUT2D eigenvalue weighted by molar-refractivity contribution is 0.359. The van der Waals surface area contributed by atoms with Crippen LogP contribution in [0.5, 0.6) is 0 Å².